The van der Waals surface area contributed by atoms with Gasteiger partial charge in [-0.2, -0.15) is 0 Å². The molecular formula is C15H23N3O. The monoisotopic (exact) mass is 261 g/mol. The summed E-state index contributed by atoms with van der Waals surface area (Å²) in [5.41, 5.74) is 7.75. The number of urea groups is 1. The lowest BCUT2D eigenvalue weighted by atomic mass is 9.96. The molecule has 4 nitrogen and oxygen atoms in total. The highest BCUT2D eigenvalue weighted by molar-refractivity contribution is 5.74. The maximum Gasteiger partial charge on any atom is 0.315 e. The first-order valence-electron chi connectivity index (χ1n) is 7.10. The minimum atomic E-state index is -0.0604. The van der Waals surface area contributed by atoms with Crippen LogP contribution in [0.4, 0.5) is 4.79 Å². The molecule has 4 N–H and O–H groups in total. The van der Waals surface area contributed by atoms with Gasteiger partial charge < -0.3 is 16.4 Å². The maximum absolute atomic E-state index is 11.8. The van der Waals surface area contributed by atoms with Gasteiger partial charge in [-0.1, -0.05) is 43.5 Å². The fraction of sp³-hybridized carbons (Fsp3) is 0.533. The molecule has 1 aliphatic carbocycles. The van der Waals surface area contributed by atoms with Gasteiger partial charge in [-0.05, 0) is 24.0 Å². The summed E-state index contributed by atoms with van der Waals surface area (Å²) in [6, 6.07) is 8.29. The van der Waals surface area contributed by atoms with Crippen LogP contribution in [0.15, 0.2) is 24.3 Å². The fourth-order valence-corrected chi connectivity index (χ4v) is 2.46. The van der Waals surface area contributed by atoms with E-state index in [-0.39, 0.29) is 6.03 Å². The number of rotatable bonds is 4. The van der Waals surface area contributed by atoms with Crippen LogP contribution >= 0.6 is 0 Å². The fourth-order valence-electron chi connectivity index (χ4n) is 2.46. The average molecular weight is 261 g/mol. The Balaban J connectivity index is 1.72. The van der Waals surface area contributed by atoms with Crippen molar-refractivity contribution in [1.29, 1.82) is 0 Å². The summed E-state index contributed by atoms with van der Waals surface area (Å²) in [6.07, 6.45) is 5.97. The maximum atomic E-state index is 11.8. The van der Waals surface area contributed by atoms with Gasteiger partial charge in [0.2, 0.25) is 0 Å². The van der Waals surface area contributed by atoms with Crippen molar-refractivity contribution in [3.8, 4) is 0 Å². The van der Waals surface area contributed by atoms with Gasteiger partial charge in [-0.3, -0.25) is 0 Å². The summed E-state index contributed by atoms with van der Waals surface area (Å²) in [5, 5.41) is 5.94. The average Bonchev–Trinajstić information content (AvgIpc) is 2.47. The van der Waals surface area contributed by atoms with E-state index in [0.717, 1.165) is 24.0 Å². The minimum absolute atomic E-state index is 0.0604. The van der Waals surface area contributed by atoms with Gasteiger partial charge in [0.1, 0.15) is 0 Å². The second-order valence-corrected chi connectivity index (χ2v) is 5.18. The number of carbonyl (C=O) groups excluding carboxylic acids is 1. The van der Waals surface area contributed by atoms with Gasteiger partial charge in [-0.25, -0.2) is 4.79 Å². The van der Waals surface area contributed by atoms with Crippen LogP contribution in [0.5, 0.6) is 0 Å². The van der Waals surface area contributed by atoms with Gasteiger partial charge in [0.25, 0.3) is 0 Å². The van der Waals surface area contributed by atoms with E-state index in [0.29, 0.717) is 19.1 Å². The number of hydrogen-bond acceptors (Lipinski definition) is 2. The molecule has 1 saturated carbocycles. The number of hydrogen-bond donors (Lipinski definition) is 3. The van der Waals surface area contributed by atoms with E-state index in [4.69, 9.17) is 5.73 Å². The molecule has 104 valence electrons. The molecule has 0 atom stereocenters. The molecule has 0 radical (unpaired) electrons. The molecule has 19 heavy (non-hydrogen) atoms. The molecule has 0 aliphatic heterocycles. The third kappa shape index (κ3) is 4.56. The summed E-state index contributed by atoms with van der Waals surface area (Å²) < 4.78 is 0. The van der Waals surface area contributed by atoms with Gasteiger partial charge in [-0.15, -0.1) is 0 Å². The molecule has 4 heteroatoms. The van der Waals surface area contributed by atoms with Crippen LogP contribution < -0.4 is 16.4 Å². The van der Waals surface area contributed by atoms with Crippen LogP contribution in [0.3, 0.4) is 0 Å². The largest absolute Gasteiger partial charge is 0.335 e. The highest BCUT2D eigenvalue weighted by Crippen LogP contribution is 2.17. The number of amides is 2. The molecule has 2 amide bonds. The zero-order chi connectivity index (χ0) is 13.5. The predicted molar refractivity (Wildman–Crippen MR) is 76.6 cm³/mol. The van der Waals surface area contributed by atoms with Crippen molar-refractivity contribution in [2.24, 2.45) is 5.73 Å². The summed E-state index contributed by atoms with van der Waals surface area (Å²) in [6.45, 7) is 1.11. The molecule has 2 rings (SSSR count). The number of benzene rings is 1. The molecule has 1 aliphatic rings. The first kappa shape index (κ1) is 13.9. The standard InChI is InChI=1S/C15H23N3O/c16-10-12-6-8-13(9-7-12)11-17-15(19)18-14-4-2-1-3-5-14/h6-9,14H,1-5,10-11,16H2,(H2,17,18,19). The Morgan fingerprint density at radius 3 is 2.37 bits per heavy atom. The molecule has 0 bridgehead atoms. The van der Waals surface area contributed by atoms with Crippen molar-refractivity contribution in [2.75, 3.05) is 0 Å². The number of carbonyl (C=O) groups is 1. The first-order chi connectivity index (χ1) is 9.28. The molecule has 1 aromatic rings. The van der Waals surface area contributed by atoms with Crippen molar-refractivity contribution >= 4 is 6.03 Å². The third-order valence-electron chi connectivity index (χ3n) is 3.65. The van der Waals surface area contributed by atoms with Gasteiger partial charge in [0.15, 0.2) is 0 Å². The van der Waals surface area contributed by atoms with E-state index in [9.17, 15) is 4.79 Å². The normalized spacial score (nSPS) is 16.1. The van der Waals surface area contributed by atoms with E-state index < -0.39 is 0 Å². The predicted octanol–water partition coefficient (Wildman–Crippen LogP) is 2.28. The van der Waals surface area contributed by atoms with Gasteiger partial charge >= 0.3 is 6.03 Å². The number of nitrogens with one attached hydrogen (secondary N) is 2. The zero-order valence-corrected chi connectivity index (χ0v) is 11.3. The van der Waals surface area contributed by atoms with Crippen molar-refractivity contribution in [3.05, 3.63) is 35.4 Å². The molecule has 1 aromatic carbocycles. The Morgan fingerprint density at radius 2 is 1.74 bits per heavy atom. The summed E-state index contributed by atoms with van der Waals surface area (Å²) in [5.74, 6) is 0. The van der Waals surface area contributed by atoms with E-state index in [1.54, 1.807) is 0 Å². The van der Waals surface area contributed by atoms with E-state index in [1.165, 1.54) is 19.3 Å². The van der Waals surface area contributed by atoms with Crippen LogP contribution in [-0.2, 0) is 13.1 Å². The first-order valence-corrected chi connectivity index (χ1v) is 7.10. The van der Waals surface area contributed by atoms with Crippen molar-refractivity contribution in [2.45, 2.75) is 51.2 Å². The molecule has 0 heterocycles. The van der Waals surface area contributed by atoms with Crippen LogP contribution in [-0.4, -0.2) is 12.1 Å². The SMILES string of the molecule is NCc1ccc(CNC(=O)NC2CCCCC2)cc1. The van der Waals surface area contributed by atoms with Crippen LogP contribution in [0.2, 0.25) is 0 Å². The molecule has 0 unspecified atom stereocenters. The van der Waals surface area contributed by atoms with Crippen LogP contribution in [0, 0.1) is 0 Å². The topological polar surface area (TPSA) is 67.1 Å². The molecule has 0 saturated heterocycles. The highest BCUT2D eigenvalue weighted by Gasteiger charge is 2.15. The lowest BCUT2D eigenvalue weighted by Gasteiger charge is -2.22. The van der Waals surface area contributed by atoms with Gasteiger partial charge in [0.05, 0.1) is 0 Å². The van der Waals surface area contributed by atoms with E-state index in [1.807, 2.05) is 24.3 Å². The van der Waals surface area contributed by atoms with Crippen LogP contribution in [0.1, 0.15) is 43.2 Å². The lowest BCUT2D eigenvalue weighted by Crippen LogP contribution is -2.42. The highest BCUT2D eigenvalue weighted by atomic mass is 16.2. The van der Waals surface area contributed by atoms with Gasteiger partial charge in [0, 0.05) is 19.1 Å². The second kappa shape index (κ2) is 7.14. The zero-order valence-electron chi connectivity index (χ0n) is 11.3. The smallest absolute Gasteiger partial charge is 0.315 e. The van der Waals surface area contributed by atoms with E-state index >= 15 is 0 Å². The Hall–Kier alpha value is -1.55. The summed E-state index contributed by atoms with van der Waals surface area (Å²) in [4.78, 5) is 11.8. The second-order valence-electron chi connectivity index (χ2n) is 5.18. The van der Waals surface area contributed by atoms with Crippen molar-refractivity contribution < 1.29 is 4.79 Å². The van der Waals surface area contributed by atoms with Crippen molar-refractivity contribution in [1.82, 2.24) is 10.6 Å². The Kier molecular flexibility index (Phi) is 5.21. The summed E-state index contributed by atoms with van der Waals surface area (Å²) in [7, 11) is 0. The van der Waals surface area contributed by atoms with E-state index in [2.05, 4.69) is 10.6 Å². The van der Waals surface area contributed by atoms with Crippen molar-refractivity contribution in [3.63, 3.8) is 0 Å². The molecule has 0 spiro atoms. The Bertz CT molecular complexity index is 396. The molecule has 1 fully saturated rings. The Labute approximate surface area is 114 Å². The summed E-state index contributed by atoms with van der Waals surface area (Å²) >= 11 is 0. The Morgan fingerprint density at radius 1 is 1.11 bits per heavy atom. The quantitative estimate of drug-likeness (QED) is 0.778. The third-order valence-corrected chi connectivity index (χ3v) is 3.65. The molecule has 0 aromatic heterocycles. The number of nitrogens with two attached hydrogens (primary N) is 1. The minimum Gasteiger partial charge on any atom is -0.335 e. The van der Waals surface area contributed by atoms with Crippen LogP contribution in [0.25, 0.3) is 0 Å². The lowest BCUT2D eigenvalue weighted by molar-refractivity contribution is 0.232. The molecular weight excluding hydrogens is 238 g/mol.